The van der Waals surface area contributed by atoms with Crippen LogP contribution in [0.3, 0.4) is 0 Å². The largest absolute Gasteiger partial charge is 0.360 e. The lowest BCUT2D eigenvalue weighted by atomic mass is 9.91. The summed E-state index contributed by atoms with van der Waals surface area (Å²) in [6, 6.07) is 17.6. The molecule has 0 unspecified atom stereocenters. The van der Waals surface area contributed by atoms with Gasteiger partial charge in [-0.05, 0) is 24.6 Å². The van der Waals surface area contributed by atoms with Crippen LogP contribution in [0.4, 0.5) is 5.69 Å². The predicted octanol–water partition coefficient (Wildman–Crippen LogP) is 3.71. The van der Waals surface area contributed by atoms with Crippen molar-refractivity contribution in [2.75, 3.05) is 18.4 Å². The van der Waals surface area contributed by atoms with E-state index in [1.54, 1.807) is 11.4 Å². The molecule has 7 nitrogen and oxygen atoms in total. The lowest BCUT2D eigenvalue weighted by Crippen LogP contribution is -2.63. The molecule has 2 aromatic carbocycles. The van der Waals surface area contributed by atoms with Gasteiger partial charge in [-0.3, -0.25) is 14.5 Å². The van der Waals surface area contributed by atoms with Crippen LogP contribution >= 0.6 is 0 Å². The summed E-state index contributed by atoms with van der Waals surface area (Å²) in [5.74, 6) is -0.0816. The Balaban J connectivity index is 1.37. The lowest BCUT2D eigenvalue weighted by molar-refractivity contribution is -0.198. The normalized spacial score (nSPS) is 18.1. The average Bonchev–Trinajstić information content (AvgIpc) is 3.20. The molecule has 7 heteroatoms. The maximum absolute atomic E-state index is 13.4. The summed E-state index contributed by atoms with van der Waals surface area (Å²) >= 11 is 0. The quantitative estimate of drug-likeness (QED) is 0.662. The van der Waals surface area contributed by atoms with E-state index in [4.69, 9.17) is 4.84 Å². The molecule has 1 saturated heterocycles. The van der Waals surface area contributed by atoms with E-state index in [0.717, 1.165) is 55.1 Å². The summed E-state index contributed by atoms with van der Waals surface area (Å²) in [6.45, 7) is 4.90. The molecule has 0 aliphatic carbocycles. The van der Waals surface area contributed by atoms with Crippen LogP contribution in [0.15, 0.2) is 60.9 Å². The number of rotatable bonds is 5. The molecule has 5 rings (SSSR count). The molecule has 0 radical (unpaired) electrons. The number of para-hydroxylation sites is 1. The third kappa shape index (κ3) is 3.82. The van der Waals surface area contributed by atoms with E-state index in [1.807, 2.05) is 61.5 Å². The van der Waals surface area contributed by atoms with Crippen molar-refractivity contribution in [3.8, 4) is 0 Å². The minimum absolute atomic E-state index is 0.0816. The molecule has 2 aliphatic heterocycles. The number of carbonyl (C=O) groups is 1. The number of anilines is 1. The fourth-order valence-electron chi connectivity index (χ4n) is 4.45. The lowest BCUT2D eigenvalue weighted by Gasteiger charge is -2.50. The number of amides is 1. The Hall–Kier alpha value is -3.16. The third-order valence-electron chi connectivity index (χ3n) is 6.29. The number of H-pyrrole nitrogens is 1. The molecule has 1 aromatic heterocycles. The Labute approximate surface area is 182 Å². The zero-order valence-corrected chi connectivity index (χ0v) is 17.7. The van der Waals surface area contributed by atoms with Crippen molar-refractivity contribution in [2.24, 2.45) is 0 Å². The number of fused-ring (bicyclic) bond motifs is 1. The van der Waals surface area contributed by atoms with E-state index in [-0.39, 0.29) is 5.91 Å². The molecule has 31 heavy (non-hydrogen) atoms. The van der Waals surface area contributed by atoms with Gasteiger partial charge < -0.3 is 10.3 Å². The Bertz CT molecular complexity index is 1060. The first-order chi connectivity index (χ1) is 15.1. The van der Waals surface area contributed by atoms with Gasteiger partial charge >= 0.3 is 0 Å². The molecular formula is C24H27N5O2. The number of likely N-dealkylation sites (tertiary alicyclic amines) is 1. The molecule has 1 fully saturated rings. The smallest absolute Gasteiger partial charge is 0.281 e. The monoisotopic (exact) mass is 417 g/mol. The van der Waals surface area contributed by atoms with Gasteiger partial charge in [0.2, 0.25) is 0 Å². The van der Waals surface area contributed by atoms with Gasteiger partial charge in [0.15, 0.2) is 0 Å². The fraction of sp³-hybridized carbons (Fsp3) is 0.333. The molecule has 2 aliphatic rings. The van der Waals surface area contributed by atoms with Crippen molar-refractivity contribution in [3.63, 3.8) is 0 Å². The molecule has 1 amide bonds. The highest BCUT2D eigenvalue weighted by molar-refractivity contribution is 6.01. The molecule has 0 saturated carbocycles. The minimum atomic E-state index is -0.558. The van der Waals surface area contributed by atoms with Crippen molar-refractivity contribution >= 4 is 11.6 Å². The second-order valence-corrected chi connectivity index (χ2v) is 8.31. The molecule has 3 heterocycles. The number of aromatic nitrogens is 2. The predicted molar refractivity (Wildman–Crippen MR) is 118 cm³/mol. The second kappa shape index (κ2) is 8.17. The van der Waals surface area contributed by atoms with Gasteiger partial charge in [0.05, 0.1) is 17.6 Å². The molecular weight excluding hydrogens is 390 g/mol. The zero-order chi connectivity index (χ0) is 21.3. The van der Waals surface area contributed by atoms with Crippen LogP contribution in [-0.4, -0.2) is 44.6 Å². The van der Waals surface area contributed by atoms with E-state index in [2.05, 4.69) is 20.2 Å². The minimum Gasteiger partial charge on any atom is -0.360 e. The molecule has 1 spiro atoms. The van der Waals surface area contributed by atoms with Crippen molar-refractivity contribution < 1.29 is 9.63 Å². The van der Waals surface area contributed by atoms with Crippen LogP contribution in [0.25, 0.3) is 0 Å². The van der Waals surface area contributed by atoms with Crippen LogP contribution in [0, 0.1) is 6.92 Å². The Morgan fingerprint density at radius 1 is 1.06 bits per heavy atom. The highest BCUT2D eigenvalue weighted by atomic mass is 16.7. The molecule has 2 N–H and O–H groups in total. The summed E-state index contributed by atoms with van der Waals surface area (Å²) in [7, 11) is 0. The average molecular weight is 418 g/mol. The number of piperidine rings is 1. The van der Waals surface area contributed by atoms with Crippen molar-refractivity contribution in [2.45, 2.75) is 38.6 Å². The maximum atomic E-state index is 13.4. The van der Waals surface area contributed by atoms with Crippen LogP contribution in [0.1, 0.15) is 40.2 Å². The standard InChI is InChI=1S/C24H27N5O2/c1-18-22(26-17-25-18)15-28-13-11-24(12-14-28)27-21-10-6-5-9-20(21)23(30)29(24)31-16-19-7-3-2-4-8-19/h2-10,17,27H,11-16H2,1H3,(H,25,26). The van der Waals surface area contributed by atoms with Crippen LogP contribution in [-0.2, 0) is 18.0 Å². The number of hydrogen-bond acceptors (Lipinski definition) is 5. The van der Waals surface area contributed by atoms with E-state index >= 15 is 0 Å². The van der Waals surface area contributed by atoms with Crippen molar-refractivity contribution in [1.82, 2.24) is 19.9 Å². The second-order valence-electron chi connectivity index (χ2n) is 8.31. The first kappa shape index (κ1) is 19.8. The van der Waals surface area contributed by atoms with Crippen molar-refractivity contribution in [3.05, 3.63) is 83.4 Å². The number of aromatic amines is 1. The Kier molecular flexibility index (Phi) is 5.21. The number of hydrogen-bond donors (Lipinski definition) is 2. The van der Waals surface area contributed by atoms with E-state index in [0.29, 0.717) is 12.2 Å². The highest BCUT2D eigenvalue weighted by Gasteiger charge is 2.47. The molecule has 160 valence electrons. The highest BCUT2D eigenvalue weighted by Crippen LogP contribution is 2.38. The fourth-order valence-corrected chi connectivity index (χ4v) is 4.45. The number of benzene rings is 2. The number of imidazole rings is 1. The molecule has 0 bridgehead atoms. The van der Waals surface area contributed by atoms with E-state index < -0.39 is 5.66 Å². The first-order valence-corrected chi connectivity index (χ1v) is 10.7. The number of carbonyl (C=O) groups excluding carboxylic acids is 1. The van der Waals surface area contributed by atoms with Gasteiger partial charge in [-0.1, -0.05) is 42.5 Å². The molecule has 0 atom stereocenters. The summed E-state index contributed by atoms with van der Waals surface area (Å²) in [5.41, 5.74) is 4.19. The number of aryl methyl sites for hydroxylation is 1. The van der Waals surface area contributed by atoms with Crippen molar-refractivity contribution in [1.29, 1.82) is 0 Å². The van der Waals surface area contributed by atoms with Crippen LogP contribution in [0.5, 0.6) is 0 Å². The summed E-state index contributed by atoms with van der Waals surface area (Å²) < 4.78 is 0. The Morgan fingerprint density at radius 2 is 1.81 bits per heavy atom. The third-order valence-corrected chi connectivity index (χ3v) is 6.29. The Morgan fingerprint density at radius 3 is 2.55 bits per heavy atom. The molecule has 3 aromatic rings. The van der Waals surface area contributed by atoms with Crippen LogP contribution in [0.2, 0.25) is 0 Å². The zero-order valence-electron chi connectivity index (χ0n) is 17.7. The van der Waals surface area contributed by atoms with E-state index in [9.17, 15) is 4.79 Å². The number of hydroxylamine groups is 2. The van der Waals surface area contributed by atoms with Crippen LogP contribution < -0.4 is 5.32 Å². The SMILES string of the molecule is Cc1[nH]cnc1CN1CCC2(CC1)Nc1ccccc1C(=O)N2OCc1ccccc1. The first-order valence-electron chi connectivity index (χ1n) is 10.7. The van der Waals surface area contributed by atoms with Gasteiger partial charge in [-0.15, -0.1) is 0 Å². The van der Waals surface area contributed by atoms with Gasteiger partial charge in [0, 0.05) is 43.9 Å². The number of nitrogens with one attached hydrogen (secondary N) is 2. The van der Waals surface area contributed by atoms with Gasteiger partial charge in [-0.2, -0.15) is 5.06 Å². The van der Waals surface area contributed by atoms with E-state index in [1.165, 1.54) is 0 Å². The summed E-state index contributed by atoms with van der Waals surface area (Å²) in [4.78, 5) is 29.6. The van der Waals surface area contributed by atoms with Gasteiger partial charge in [0.1, 0.15) is 12.3 Å². The summed E-state index contributed by atoms with van der Waals surface area (Å²) in [5, 5.41) is 5.25. The number of nitrogens with zero attached hydrogens (tertiary/aromatic N) is 3. The maximum Gasteiger partial charge on any atom is 0.281 e. The summed E-state index contributed by atoms with van der Waals surface area (Å²) in [6.07, 6.45) is 3.28. The topological polar surface area (TPSA) is 73.5 Å². The van der Waals surface area contributed by atoms with Gasteiger partial charge in [-0.25, -0.2) is 4.98 Å². The van der Waals surface area contributed by atoms with Gasteiger partial charge in [0.25, 0.3) is 5.91 Å².